The van der Waals surface area contributed by atoms with Crippen LogP contribution in [0.15, 0.2) is 11.6 Å². The molecule has 204 valence electrons. The first-order chi connectivity index (χ1) is 16.6. The molecule has 4 saturated carbocycles. The molecule has 0 radical (unpaired) electrons. The van der Waals surface area contributed by atoms with Gasteiger partial charge in [0.15, 0.2) is 0 Å². The molecule has 5 aliphatic carbocycles. The number of hydrogen-bond acceptors (Lipinski definition) is 4. The third-order valence-electron chi connectivity index (χ3n) is 13.3. The maximum Gasteiger partial charge on any atom is 0.303 e. The number of esters is 1. The number of aliphatic hydroxyl groups excluding tert-OH is 2. The van der Waals surface area contributed by atoms with E-state index in [4.69, 9.17) is 4.74 Å². The number of rotatable bonds is 2. The van der Waals surface area contributed by atoms with E-state index in [1.807, 2.05) is 0 Å². The van der Waals surface area contributed by atoms with E-state index in [9.17, 15) is 15.0 Å². The van der Waals surface area contributed by atoms with Crippen LogP contribution in [0.2, 0.25) is 0 Å². The molecular formula is C32H52O4. The second kappa shape index (κ2) is 8.07. The largest absolute Gasteiger partial charge is 0.459 e. The van der Waals surface area contributed by atoms with Gasteiger partial charge in [-0.2, -0.15) is 0 Å². The van der Waals surface area contributed by atoms with Gasteiger partial charge in [0.05, 0.1) is 6.10 Å². The molecule has 0 saturated heterocycles. The van der Waals surface area contributed by atoms with Crippen molar-refractivity contribution in [2.75, 3.05) is 6.61 Å². The predicted octanol–water partition coefficient (Wildman–Crippen LogP) is 6.68. The number of carbonyl (C=O) groups excluding carboxylic acids is 1. The molecular weight excluding hydrogens is 448 g/mol. The van der Waals surface area contributed by atoms with Gasteiger partial charge in [-0.25, -0.2) is 0 Å². The molecule has 0 heterocycles. The third kappa shape index (κ3) is 3.41. The summed E-state index contributed by atoms with van der Waals surface area (Å²) in [7, 11) is 0. The summed E-state index contributed by atoms with van der Waals surface area (Å²) in [5.74, 6) is 1.08. The highest BCUT2D eigenvalue weighted by molar-refractivity contribution is 5.66. The Balaban J connectivity index is 1.56. The van der Waals surface area contributed by atoms with Gasteiger partial charge >= 0.3 is 5.97 Å². The summed E-state index contributed by atoms with van der Waals surface area (Å²) < 4.78 is 5.76. The van der Waals surface area contributed by atoms with Crippen LogP contribution in [0.3, 0.4) is 0 Å². The van der Waals surface area contributed by atoms with Crippen molar-refractivity contribution in [3.8, 4) is 0 Å². The molecule has 4 nitrogen and oxygen atoms in total. The smallest absolute Gasteiger partial charge is 0.303 e. The lowest BCUT2D eigenvalue weighted by Crippen LogP contribution is -2.67. The first kappa shape index (κ1) is 26.7. The SMILES string of the molecule is CC(=O)OC1C(O)CC2(C)C(CCC3(C)C2CC=C2C4CC(C)(C)CCC4(CO)CCC23C)C1(C)C. The van der Waals surface area contributed by atoms with Crippen molar-refractivity contribution < 1.29 is 19.7 Å². The first-order valence-corrected chi connectivity index (χ1v) is 14.7. The molecule has 4 heteroatoms. The average Bonchev–Trinajstić information content (AvgIpc) is 2.76. The summed E-state index contributed by atoms with van der Waals surface area (Å²) >= 11 is 0. The summed E-state index contributed by atoms with van der Waals surface area (Å²) in [6, 6.07) is 0. The Morgan fingerprint density at radius 3 is 2.28 bits per heavy atom. The third-order valence-corrected chi connectivity index (χ3v) is 13.3. The number of carbonyl (C=O) groups is 1. The summed E-state index contributed by atoms with van der Waals surface area (Å²) in [6.45, 7) is 18.6. The standard InChI is InChI=1S/C32H52O4/c1-20(34)36-26-23(35)18-29(6)24(28(26,4)5)11-12-31(8)25(29)10-9-21-22-17-27(2,3)13-15-32(22,19-33)16-14-30(21,31)7/h9,22-26,33,35H,10-19H2,1-8H3. The molecule has 0 aromatic rings. The monoisotopic (exact) mass is 500 g/mol. The minimum atomic E-state index is -0.627. The highest BCUT2D eigenvalue weighted by atomic mass is 16.6. The molecule has 0 amide bonds. The van der Waals surface area contributed by atoms with Crippen LogP contribution >= 0.6 is 0 Å². The van der Waals surface area contributed by atoms with Gasteiger partial charge in [0.2, 0.25) is 0 Å². The van der Waals surface area contributed by atoms with Crippen molar-refractivity contribution in [3.63, 3.8) is 0 Å². The van der Waals surface area contributed by atoms with Crippen molar-refractivity contribution in [3.05, 3.63) is 11.6 Å². The minimum absolute atomic E-state index is 0.00500. The van der Waals surface area contributed by atoms with Gasteiger partial charge < -0.3 is 14.9 Å². The Labute approximate surface area is 219 Å². The van der Waals surface area contributed by atoms with Crippen LogP contribution in [0, 0.1) is 50.2 Å². The zero-order valence-corrected chi connectivity index (χ0v) is 24.2. The summed E-state index contributed by atoms with van der Waals surface area (Å²) in [5, 5.41) is 22.1. The zero-order chi connectivity index (χ0) is 26.5. The summed E-state index contributed by atoms with van der Waals surface area (Å²) in [4.78, 5) is 11.9. The van der Waals surface area contributed by atoms with Crippen molar-refractivity contribution >= 4 is 5.97 Å². The van der Waals surface area contributed by atoms with E-state index in [1.165, 1.54) is 26.2 Å². The van der Waals surface area contributed by atoms with Crippen LogP contribution in [-0.4, -0.2) is 35.0 Å². The van der Waals surface area contributed by atoms with E-state index in [0.29, 0.717) is 36.2 Å². The number of aliphatic hydroxyl groups is 2. The van der Waals surface area contributed by atoms with Crippen LogP contribution in [0.25, 0.3) is 0 Å². The Kier molecular flexibility index (Phi) is 5.99. The van der Waals surface area contributed by atoms with Crippen molar-refractivity contribution in [2.24, 2.45) is 50.2 Å². The molecule has 9 unspecified atom stereocenters. The number of allylic oxidation sites excluding steroid dienone is 2. The van der Waals surface area contributed by atoms with Gasteiger partial charge in [-0.3, -0.25) is 4.79 Å². The van der Waals surface area contributed by atoms with Gasteiger partial charge in [0.1, 0.15) is 6.10 Å². The van der Waals surface area contributed by atoms with E-state index in [1.54, 1.807) is 5.57 Å². The maximum atomic E-state index is 11.9. The molecule has 0 aromatic heterocycles. The molecule has 2 N–H and O–H groups in total. The molecule has 4 fully saturated rings. The van der Waals surface area contributed by atoms with Crippen molar-refractivity contribution in [1.29, 1.82) is 0 Å². The molecule has 5 aliphatic rings. The summed E-state index contributed by atoms with van der Waals surface area (Å²) in [6.07, 6.45) is 11.4. The number of hydrogen-bond donors (Lipinski definition) is 2. The second-order valence-corrected chi connectivity index (χ2v) is 15.9. The average molecular weight is 501 g/mol. The van der Waals surface area contributed by atoms with E-state index in [-0.39, 0.29) is 33.0 Å². The normalized spacial score (nSPS) is 51.1. The lowest BCUT2D eigenvalue weighted by atomic mass is 9.33. The molecule has 0 spiro atoms. The quantitative estimate of drug-likeness (QED) is 0.328. The van der Waals surface area contributed by atoms with E-state index >= 15 is 0 Å². The highest BCUT2D eigenvalue weighted by Gasteiger charge is 2.69. The van der Waals surface area contributed by atoms with Crippen LogP contribution < -0.4 is 0 Å². The number of fused-ring (bicyclic) bond motifs is 7. The van der Waals surface area contributed by atoms with Gasteiger partial charge in [-0.15, -0.1) is 0 Å². The fraction of sp³-hybridized carbons (Fsp3) is 0.906. The van der Waals surface area contributed by atoms with E-state index in [2.05, 4.69) is 54.5 Å². The number of ether oxygens (including phenoxy) is 1. The predicted molar refractivity (Wildman–Crippen MR) is 143 cm³/mol. The first-order valence-electron chi connectivity index (χ1n) is 14.7. The van der Waals surface area contributed by atoms with Gasteiger partial charge in [-0.05, 0) is 97.2 Å². The maximum absolute atomic E-state index is 11.9. The molecule has 9 atom stereocenters. The second-order valence-electron chi connectivity index (χ2n) is 15.9. The van der Waals surface area contributed by atoms with Crippen LogP contribution in [0.4, 0.5) is 0 Å². The van der Waals surface area contributed by atoms with Crippen molar-refractivity contribution in [2.45, 2.75) is 125 Å². The molecule has 0 aliphatic heterocycles. The Hall–Kier alpha value is -0.870. The highest BCUT2D eigenvalue weighted by Crippen LogP contribution is 2.75. The summed E-state index contributed by atoms with van der Waals surface area (Å²) in [5.41, 5.74) is 2.06. The lowest BCUT2D eigenvalue weighted by Gasteiger charge is -2.71. The van der Waals surface area contributed by atoms with Gasteiger partial charge in [-0.1, -0.05) is 60.1 Å². The lowest BCUT2D eigenvalue weighted by molar-refractivity contribution is -0.239. The van der Waals surface area contributed by atoms with Crippen LogP contribution in [-0.2, 0) is 9.53 Å². The van der Waals surface area contributed by atoms with Crippen LogP contribution in [0.5, 0.6) is 0 Å². The minimum Gasteiger partial charge on any atom is -0.459 e. The van der Waals surface area contributed by atoms with Crippen LogP contribution in [0.1, 0.15) is 113 Å². The molecule has 0 bridgehead atoms. The molecule has 5 rings (SSSR count). The van der Waals surface area contributed by atoms with E-state index < -0.39 is 12.2 Å². The zero-order valence-electron chi connectivity index (χ0n) is 24.2. The Bertz CT molecular complexity index is 950. The van der Waals surface area contributed by atoms with Gasteiger partial charge in [0, 0.05) is 24.4 Å². The topological polar surface area (TPSA) is 66.8 Å². The fourth-order valence-electron chi connectivity index (χ4n) is 11.2. The molecule has 36 heavy (non-hydrogen) atoms. The van der Waals surface area contributed by atoms with Crippen molar-refractivity contribution in [1.82, 2.24) is 0 Å². The molecule has 0 aromatic carbocycles. The van der Waals surface area contributed by atoms with E-state index in [0.717, 1.165) is 32.1 Å². The Morgan fingerprint density at radius 2 is 1.64 bits per heavy atom. The van der Waals surface area contributed by atoms with Gasteiger partial charge in [0.25, 0.3) is 0 Å². The Morgan fingerprint density at radius 1 is 0.972 bits per heavy atom. The fourth-order valence-corrected chi connectivity index (χ4v) is 11.2.